The smallest absolute Gasteiger partial charge is 0.387 e. The summed E-state index contributed by atoms with van der Waals surface area (Å²) in [7, 11) is 0. The molecule has 38 heavy (non-hydrogen) atoms. The van der Waals surface area contributed by atoms with E-state index in [4.69, 9.17) is 46.4 Å². The molecule has 1 spiro atoms. The van der Waals surface area contributed by atoms with Gasteiger partial charge < -0.3 is 10.1 Å². The van der Waals surface area contributed by atoms with E-state index in [1.54, 1.807) is 6.07 Å². The highest BCUT2D eigenvalue weighted by Gasteiger charge is 2.76. The molecule has 3 amide bonds. The molecule has 0 aliphatic carbocycles. The molecule has 4 aliphatic heterocycles. The van der Waals surface area contributed by atoms with Crippen molar-refractivity contribution in [3.05, 3.63) is 49.9 Å². The Kier molecular flexibility index (Phi) is 5.77. The van der Waals surface area contributed by atoms with Gasteiger partial charge in [0.15, 0.2) is 5.75 Å². The third-order valence-corrected chi connectivity index (χ3v) is 9.01. The predicted molar refractivity (Wildman–Crippen MR) is 138 cm³/mol. The Morgan fingerprint density at radius 3 is 2.29 bits per heavy atom. The number of hydrogen-bond donors (Lipinski definition) is 1. The van der Waals surface area contributed by atoms with Crippen LogP contribution in [0.2, 0.25) is 20.1 Å². The Labute approximate surface area is 235 Å². The van der Waals surface area contributed by atoms with Crippen molar-refractivity contribution >= 4 is 75.5 Å². The summed E-state index contributed by atoms with van der Waals surface area (Å²) < 4.78 is 30.0. The molecule has 7 nitrogen and oxygen atoms in total. The molecule has 4 heterocycles. The van der Waals surface area contributed by atoms with Crippen LogP contribution in [-0.2, 0) is 19.9 Å². The summed E-state index contributed by atoms with van der Waals surface area (Å²) in [6, 6.07) is 5.01. The number of carbonyl (C=O) groups excluding carboxylic acids is 3. The molecule has 200 valence electrons. The largest absolute Gasteiger partial charge is 0.432 e. The summed E-state index contributed by atoms with van der Waals surface area (Å²) in [4.78, 5) is 44.9. The van der Waals surface area contributed by atoms with Crippen molar-refractivity contribution in [2.45, 2.75) is 38.5 Å². The zero-order chi connectivity index (χ0) is 27.5. The molecule has 0 radical (unpaired) electrons. The Hall–Kier alpha value is -2.17. The van der Waals surface area contributed by atoms with Crippen LogP contribution in [0.3, 0.4) is 0 Å². The van der Waals surface area contributed by atoms with Crippen LogP contribution in [0.25, 0.3) is 0 Å². The first-order valence-corrected chi connectivity index (χ1v) is 13.2. The number of amides is 3. The molecular formula is C25H19Cl4F2N3O4. The van der Waals surface area contributed by atoms with E-state index in [2.05, 4.69) is 10.1 Å². The van der Waals surface area contributed by atoms with Crippen molar-refractivity contribution in [3.63, 3.8) is 0 Å². The highest BCUT2D eigenvalue weighted by atomic mass is 35.5. The molecule has 0 aromatic heterocycles. The second-order valence-electron chi connectivity index (χ2n) is 10.7. The van der Waals surface area contributed by atoms with E-state index < -0.39 is 53.5 Å². The summed E-state index contributed by atoms with van der Waals surface area (Å²) in [5.74, 6) is -4.07. The Morgan fingerprint density at radius 2 is 1.66 bits per heavy atom. The van der Waals surface area contributed by atoms with Gasteiger partial charge in [-0.05, 0) is 36.1 Å². The van der Waals surface area contributed by atoms with E-state index in [0.29, 0.717) is 24.2 Å². The second kappa shape index (κ2) is 8.41. The highest BCUT2D eigenvalue weighted by Crippen LogP contribution is 2.63. The first kappa shape index (κ1) is 26.1. The quantitative estimate of drug-likeness (QED) is 0.437. The van der Waals surface area contributed by atoms with Gasteiger partial charge in [-0.15, -0.1) is 0 Å². The van der Waals surface area contributed by atoms with Crippen LogP contribution >= 0.6 is 46.4 Å². The third-order valence-electron chi connectivity index (χ3n) is 7.93. The fourth-order valence-corrected chi connectivity index (χ4v) is 7.89. The summed E-state index contributed by atoms with van der Waals surface area (Å²) in [6.45, 7) is 1.35. The van der Waals surface area contributed by atoms with E-state index in [-0.39, 0.29) is 31.2 Å². The van der Waals surface area contributed by atoms with Gasteiger partial charge in [-0.2, -0.15) is 8.78 Å². The number of halogens is 6. The molecule has 4 aliphatic rings. The van der Waals surface area contributed by atoms with E-state index in [0.717, 1.165) is 4.90 Å². The number of carbonyl (C=O) groups is 3. The van der Waals surface area contributed by atoms with Crippen LogP contribution in [0.5, 0.6) is 5.75 Å². The maximum Gasteiger partial charge on any atom is 0.387 e. The number of nitrogens with one attached hydrogen (secondary N) is 1. The molecule has 3 fully saturated rings. The van der Waals surface area contributed by atoms with E-state index >= 15 is 0 Å². The fourth-order valence-electron chi connectivity index (χ4n) is 6.78. The number of anilines is 2. The number of rotatable bonds is 3. The van der Waals surface area contributed by atoms with Crippen molar-refractivity contribution < 1.29 is 27.9 Å². The molecule has 2 aromatic rings. The van der Waals surface area contributed by atoms with Gasteiger partial charge in [0.2, 0.25) is 11.8 Å². The molecular weight excluding hydrogens is 586 g/mol. The van der Waals surface area contributed by atoms with E-state index in [9.17, 15) is 23.2 Å². The Morgan fingerprint density at radius 1 is 1.00 bits per heavy atom. The van der Waals surface area contributed by atoms with Crippen LogP contribution in [-0.4, -0.2) is 41.8 Å². The molecule has 4 atom stereocenters. The number of ether oxygens (including phenoxy) is 1. The minimum atomic E-state index is -3.18. The fraction of sp³-hybridized carbons (Fsp3) is 0.400. The third kappa shape index (κ3) is 3.38. The van der Waals surface area contributed by atoms with Crippen LogP contribution in [0.1, 0.15) is 25.8 Å². The van der Waals surface area contributed by atoms with Gasteiger partial charge in [0.1, 0.15) is 5.54 Å². The van der Waals surface area contributed by atoms with Gasteiger partial charge in [-0.1, -0.05) is 60.3 Å². The molecule has 0 saturated carbocycles. The van der Waals surface area contributed by atoms with Crippen molar-refractivity contribution in [2.24, 2.45) is 17.3 Å². The molecule has 3 saturated heterocycles. The number of alkyl halides is 2. The molecule has 4 unspecified atom stereocenters. The summed E-state index contributed by atoms with van der Waals surface area (Å²) in [5, 5.41) is 2.73. The van der Waals surface area contributed by atoms with Crippen LogP contribution < -0.4 is 15.0 Å². The maximum atomic E-state index is 14.2. The second-order valence-corrected chi connectivity index (χ2v) is 12.4. The minimum absolute atomic E-state index is 0.00673. The van der Waals surface area contributed by atoms with Gasteiger partial charge in [-0.25, -0.2) is 4.90 Å². The van der Waals surface area contributed by atoms with Crippen molar-refractivity contribution in [1.29, 1.82) is 0 Å². The maximum absolute atomic E-state index is 14.2. The summed E-state index contributed by atoms with van der Waals surface area (Å²) >= 11 is 25.1. The van der Waals surface area contributed by atoms with Crippen LogP contribution in [0.4, 0.5) is 20.2 Å². The van der Waals surface area contributed by atoms with E-state index in [1.807, 2.05) is 18.7 Å². The number of fused-ring (bicyclic) bond motifs is 7. The first-order valence-electron chi connectivity index (χ1n) is 11.7. The van der Waals surface area contributed by atoms with Crippen LogP contribution in [0, 0.1) is 17.3 Å². The van der Waals surface area contributed by atoms with Crippen molar-refractivity contribution in [2.75, 3.05) is 16.8 Å². The number of hydrogen-bond acceptors (Lipinski definition) is 5. The monoisotopic (exact) mass is 603 g/mol. The number of benzene rings is 2. The van der Waals surface area contributed by atoms with E-state index in [1.165, 1.54) is 18.2 Å². The van der Waals surface area contributed by atoms with Crippen molar-refractivity contribution in [1.82, 2.24) is 4.90 Å². The lowest BCUT2D eigenvalue weighted by atomic mass is 9.73. The zero-order valence-corrected chi connectivity index (χ0v) is 22.9. The van der Waals surface area contributed by atoms with Gasteiger partial charge in [-0.3, -0.25) is 19.3 Å². The van der Waals surface area contributed by atoms with Gasteiger partial charge in [0, 0.05) is 23.2 Å². The van der Waals surface area contributed by atoms with Gasteiger partial charge in [0.25, 0.3) is 5.91 Å². The normalized spacial score (nSPS) is 29.3. The minimum Gasteiger partial charge on any atom is -0.432 e. The van der Waals surface area contributed by atoms with Crippen LogP contribution in [0.15, 0.2) is 24.3 Å². The molecule has 0 bridgehead atoms. The zero-order valence-electron chi connectivity index (χ0n) is 19.8. The lowest BCUT2D eigenvalue weighted by Gasteiger charge is -2.37. The molecule has 2 aromatic carbocycles. The molecule has 13 heteroatoms. The molecule has 6 rings (SSSR count). The lowest BCUT2D eigenvalue weighted by molar-refractivity contribution is -0.135. The predicted octanol–water partition coefficient (Wildman–Crippen LogP) is 5.97. The number of nitrogens with zero attached hydrogens (tertiary/aromatic N) is 2. The highest BCUT2D eigenvalue weighted by molar-refractivity contribution is 6.39. The van der Waals surface area contributed by atoms with Crippen molar-refractivity contribution in [3.8, 4) is 5.75 Å². The summed E-state index contributed by atoms with van der Waals surface area (Å²) in [6.07, 6.45) is 0.558. The topological polar surface area (TPSA) is 78.9 Å². The number of imide groups is 1. The lowest BCUT2D eigenvalue weighted by Crippen LogP contribution is -2.54. The SMILES string of the molecule is CC1(C)CC2C3C(=O)N(c4cc(Cl)c(OC(F)F)c(Cl)c4)C(=O)C3C3(C(=O)Nc4c(Cl)cc(Cl)cc43)N2C1. The van der Waals surface area contributed by atoms with Gasteiger partial charge in [0.05, 0.1) is 38.3 Å². The Bertz CT molecular complexity index is 1430. The summed E-state index contributed by atoms with van der Waals surface area (Å²) in [5.41, 5.74) is -1.00. The molecule has 1 N–H and O–H groups in total. The first-order chi connectivity index (χ1) is 17.8. The van der Waals surface area contributed by atoms with Gasteiger partial charge >= 0.3 is 6.61 Å². The average molecular weight is 605 g/mol. The standard InChI is InChI=1S/C25H19Cl4F2N3O4/c1-24(2)7-15-16-17(25(33(15)8-24)11-3-9(26)4-12(27)18(11)32-22(25)37)21(36)34(20(16)35)10-5-13(28)19(14(29)6-10)38-23(30)31/h3-6,15-17,23H,7-8H2,1-2H3,(H,32,37). The average Bonchev–Trinajstić information content (AvgIpc) is 3.44. The Balaban J connectivity index is 1.53.